The van der Waals surface area contributed by atoms with Crippen LogP contribution >= 0.6 is 0 Å². The summed E-state index contributed by atoms with van der Waals surface area (Å²) >= 11 is 0. The molecule has 0 saturated heterocycles. The third-order valence-electron chi connectivity index (χ3n) is 6.45. The van der Waals surface area contributed by atoms with Crippen molar-refractivity contribution < 1.29 is 0 Å². The van der Waals surface area contributed by atoms with Crippen LogP contribution in [0.1, 0.15) is 24.6 Å². The van der Waals surface area contributed by atoms with E-state index in [-0.39, 0.29) is 0 Å². The van der Waals surface area contributed by atoms with Crippen LogP contribution in [-0.2, 0) is 0 Å². The lowest BCUT2D eigenvalue weighted by molar-refractivity contribution is 1.10. The number of hydrogen-bond acceptors (Lipinski definition) is 1. The minimum atomic E-state index is 0.983. The highest BCUT2D eigenvalue weighted by molar-refractivity contribution is 5.98. The van der Waals surface area contributed by atoms with E-state index in [0.717, 1.165) is 17.8 Å². The lowest BCUT2D eigenvalue weighted by Gasteiger charge is -2.10. The largest absolute Gasteiger partial charge is 0.356 e. The predicted molar refractivity (Wildman–Crippen MR) is 146 cm³/mol. The van der Waals surface area contributed by atoms with Crippen LogP contribution in [0.4, 0.5) is 11.4 Å². The van der Waals surface area contributed by atoms with Gasteiger partial charge in [-0.25, -0.2) is 0 Å². The number of fused-ring (bicyclic) bond motifs is 3. The van der Waals surface area contributed by atoms with E-state index in [1.54, 1.807) is 0 Å². The zero-order chi connectivity index (χ0) is 22.9. The monoisotopic (exact) mass is 438 g/mol. The average molecular weight is 439 g/mol. The minimum absolute atomic E-state index is 0.983. The molecule has 0 atom stereocenters. The van der Waals surface area contributed by atoms with Gasteiger partial charge in [-0.3, -0.25) is 0 Å². The molecule has 2 nitrogen and oxygen atoms in total. The van der Waals surface area contributed by atoms with Gasteiger partial charge in [-0.1, -0.05) is 78.4 Å². The van der Waals surface area contributed by atoms with E-state index in [1.807, 2.05) is 6.07 Å². The van der Waals surface area contributed by atoms with Gasteiger partial charge in [0.05, 0.1) is 11.2 Å². The van der Waals surface area contributed by atoms with Crippen LogP contribution in [0.3, 0.4) is 0 Å². The molecule has 0 amide bonds. The standard InChI is InChI=1S/C32H26N2/c1-23-9-8-14-31-29(21-23)30-22-27(19-20-32(30)34(31)28-12-6-3-7-13-28)33-26-17-15-25(16-18-26)24-10-4-2-5-11-24/h2-8,10-22,33H,9H2,1H3. The van der Waals surface area contributed by atoms with E-state index in [9.17, 15) is 0 Å². The third-order valence-corrected chi connectivity index (χ3v) is 6.45. The van der Waals surface area contributed by atoms with E-state index < -0.39 is 0 Å². The second-order valence-electron chi connectivity index (χ2n) is 8.87. The second kappa shape index (κ2) is 8.57. The summed E-state index contributed by atoms with van der Waals surface area (Å²) in [6.07, 6.45) is 7.86. The molecule has 164 valence electrons. The van der Waals surface area contributed by atoms with Gasteiger partial charge in [-0.05, 0) is 73.0 Å². The summed E-state index contributed by atoms with van der Waals surface area (Å²) < 4.78 is 2.37. The van der Waals surface area contributed by atoms with E-state index in [0.29, 0.717) is 0 Å². The first kappa shape index (κ1) is 20.3. The summed E-state index contributed by atoms with van der Waals surface area (Å²) in [5.41, 5.74) is 10.9. The van der Waals surface area contributed by atoms with Gasteiger partial charge in [-0.2, -0.15) is 0 Å². The Bertz CT molecular complexity index is 1520. The fourth-order valence-corrected chi connectivity index (χ4v) is 4.79. The van der Waals surface area contributed by atoms with Crippen LogP contribution in [-0.4, -0.2) is 4.57 Å². The van der Waals surface area contributed by atoms with Crippen LogP contribution in [0.15, 0.2) is 115 Å². The van der Waals surface area contributed by atoms with Crippen molar-refractivity contribution in [2.45, 2.75) is 13.3 Å². The molecule has 0 radical (unpaired) electrons. The number of rotatable bonds is 4. The van der Waals surface area contributed by atoms with Crippen molar-refractivity contribution >= 4 is 34.4 Å². The molecule has 0 spiro atoms. The zero-order valence-corrected chi connectivity index (χ0v) is 19.2. The van der Waals surface area contributed by atoms with Gasteiger partial charge in [0.15, 0.2) is 0 Å². The molecule has 0 bridgehead atoms. The molecule has 2 heteroatoms. The lowest BCUT2D eigenvalue weighted by atomic mass is 10.1. The van der Waals surface area contributed by atoms with Gasteiger partial charge in [0.1, 0.15) is 0 Å². The smallest absolute Gasteiger partial charge is 0.0542 e. The van der Waals surface area contributed by atoms with Gasteiger partial charge >= 0.3 is 0 Å². The number of nitrogens with one attached hydrogen (secondary N) is 1. The molecule has 1 N–H and O–H groups in total. The van der Waals surface area contributed by atoms with E-state index >= 15 is 0 Å². The Morgan fingerprint density at radius 2 is 1.38 bits per heavy atom. The third kappa shape index (κ3) is 3.74. The van der Waals surface area contributed by atoms with Crippen LogP contribution in [0.25, 0.3) is 39.9 Å². The summed E-state index contributed by atoms with van der Waals surface area (Å²) in [4.78, 5) is 0. The molecule has 1 aliphatic rings. The summed E-state index contributed by atoms with van der Waals surface area (Å²) in [5.74, 6) is 0. The van der Waals surface area contributed by atoms with Crippen molar-refractivity contribution in [1.29, 1.82) is 0 Å². The Morgan fingerprint density at radius 3 is 2.15 bits per heavy atom. The lowest BCUT2D eigenvalue weighted by Crippen LogP contribution is -1.96. The maximum absolute atomic E-state index is 3.61. The number of nitrogens with zero attached hydrogens (tertiary/aromatic N) is 1. The highest BCUT2D eigenvalue weighted by atomic mass is 15.0. The average Bonchev–Trinajstić information content (AvgIpc) is 3.04. The molecule has 34 heavy (non-hydrogen) atoms. The van der Waals surface area contributed by atoms with Crippen LogP contribution in [0.5, 0.6) is 0 Å². The highest BCUT2D eigenvalue weighted by Gasteiger charge is 2.17. The number of hydrogen-bond donors (Lipinski definition) is 1. The Kier molecular flexibility index (Phi) is 5.12. The number of anilines is 2. The first-order valence-electron chi connectivity index (χ1n) is 11.8. The molecule has 1 heterocycles. The summed E-state index contributed by atoms with van der Waals surface area (Å²) in [5, 5.41) is 4.87. The maximum Gasteiger partial charge on any atom is 0.0542 e. The Balaban J connectivity index is 1.41. The molecule has 0 saturated carbocycles. The predicted octanol–water partition coefficient (Wildman–Crippen LogP) is 8.86. The van der Waals surface area contributed by atoms with E-state index in [1.165, 1.54) is 44.5 Å². The van der Waals surface area contributed by atoms with Crippen molar-refractivity contribution in [2.75, 3.05) is 5.32 Å². The number of benzene rings is 4. The minimum Gasteiger partial charge on any atom is -0.356 e. The molecule has 6 rings (SSSR count). The second-order valence-corrected chi connectivity index (χ2v) is 8.87. The Morgan fingerprint density at radius 1 is 0.706 bits per heavy atom. The van der Waals surface area contributed by atoms with E-state index in [2.05, 4.69) is 132 Å². The number of para-hydroxylation sites is 1. The number of aromatic nitrogens is 1. The maximum atomic E-state index is 3.61. The van der Waals surface area contributed by atoms with Gasteiger partial charge < -0.3 is 9.88 Å². The van der Waals surface area contributed by atoms with Gasteiger partial charge in [0.2, 0.25) is 0 Å². The molecule has 1 aliphatic carbocycles. The zero-order valence-electron chi connectivity index (χ0n) is 19.2. The first-order chi connectivity index (χ1) is 16.8. The van der Waals surface area contributed by atoms with Crippen molar-refractivity contribution in [1.82, 2.24) is 4.57 Å². The Hall–Kier alpha value is -4.30. The van der Waals surface area contributed by atoms with Crippen LogP contribution in [0, 0.1) is 0 Å². The SMILES string of the molecule is CC1=Cc2c(n(-c3ccccc3)c3ccc(Nc4ccc(-c5ccccc5)cc4)cc23)C=CC1. The fourth-order valence-electron chi connectivity index (χ4n) is 4.79. The first-order valence-corrected chi connectivity index (χ1v) is 11.8. The molecule has 4 aromatic carbocycles. The van der Waals surface area contributed by atoms with Crippen LogP contribution in [0.2, 0.25) is 0 Å². The molecular weight excluding hydrogens is 412 g/mol. The molecule has 1 aromatic heterocycles. The number of allylic oxidation sites excluding steroid dienone is 2. The van der Waals surface area contributed by atoms with Gasteiger partial charge in [-0.15, -0.1) is 0 Å². The van der Waals surface area contributed by atoms with Crippen molar-refractivity contribution in [3.05, 3.63) is 126 Å². The molecule has 0 aliphatic heterocycles. The quantitative estimate of drug-likeness (QED) is 0.296. The summed E-state index contributed by atoms with van der Waals surface area (Å²) in [6.45, 7) is 2.21. The fraction of sp³-hybridized carbons (Fsp3) is 0.0625. The van der Waals surface area contributed by atoms with Gasteiger partial charge in [0.25, 0.3) is 0 Å². The normalized spacial score (nSPS) is 12.8. The molecule has 5 aromatic rings. The molecular formula is C32H26N2. The van der Waals surface area contributed by atoms with Crippen molar-refractivity contribution in [3.8, 4) is 16.8 Å². The summed E-state index contributed by atoms with van der Waals surface area (Å²) in [6, 6.07) is 36.4. The topological polar surface area (TPSA) is 17.0 Å². The Labute approximate surface area is 200 Å². The summed E-state index contributed by atoms with van der Waals surface area (Å²) in [7, 11) is 0. The highest BCUT2D eigenvalue weighted by Crippen LogP contribution is 2.36. The van der Waals surface area contributed by atoms with Crippen LogP contribution < -0.4 is 5.32 Å². The molecule has 0 fully saturated rings. The van der Waals surface area contributed by atoms with Crippen molar-refractivity contribution in [2.24, 2.45) is 0 Å². The van der Waals surface area contributed by atoms with Crippen molar-refractivity contribution in [3.63, 3.8) is 0 Å². The van der Waals surface area contributed by atoms with E-state index in [4.69, 9.17) is 0 Å². The molecule has 0 unspecified atom stereocenters. The van der Waals surface area contributed by atoms with Gasteiger partial charge in [0, 0.05) is 28.0 Å².